The average molecular weight is 322 g/mol. The van der Waals surface area contributed by atoms with Crippen LogP contribution in [0.3, 0.4) is 0 Å². The molecule has 0 spiro atoms. The lowest BCUT2D eigenvalue weighted by Gasteiger charge is -1.99. The number of thiophene rings is 1. The molecule has 0 saturated carbocycles. The van der Waals surface area contributed by atoms with Crippen molar-refractivity contribution in [2.75, 3.05) is 0 Å². The highest BCUT2D eigenvalue weighted by Crippen LogP contribution is 2.31. The lowest BCUT2D eigenvalue weighted by atomic mass is 10.1. The van der Waals surface area contributed by atoms with E-state index >= 15 is 0 Å². The standard InChI is InChI=1S/C19H15FN2S/c1-3-5-6-13(4-2)17-11-14-7-9-16(22-19(14)23-17)15-8-10-18(20)21-12-15/h3-12H,2H2,1H3/b5-3-,13-6+. The van der Waals surface area contributed by atoms with Crippen LogP contribution in [0.1, 0.15) is 11.8 Å². The van der Waals surface area contributed by atoms with Gasteiger partial charge in [-0.05, 0) is 42.8 Å². The zero-order valence-corrected chi connectivity index (χ0v) is 13.5. The van der Waals surface area contributed by atoms with Crippen LogP contribution in [-0.2, 0) is 0 Å². The van der Waals surface area contributed by atoms with Crippen molar-refractivity contribution >= 4 is 27.1 Å². The molecule has 0 aliphatic heterocycles. The van der Waals surface area contributed by atoms with Crippen LogP contribution >= 0.6 is 11.3 Å². The summed E-state index contributed by atoms with van der Waals surface area (Å²) < 4.78 is 12.9. The Morgan fingerprint density at radius 1 is 1.26 bits per heavy atom. The Labute approximate surface area is 138 Å². The Balaban J connectivity index is 2.04. The molecule has 114 valence electrons. The highest BCUT2D eigenvalue weighted by molar-refractivity contribution is 7.19. The monoisotopic (exact) mass is 322 g/mol. The highest BCUT2D eigenvalue weighted by Gasteiger charge is 2.08. The summed E-state index contributed by atoms with van der Waals surface area (Å²) in [7, 11) is 0. The maximum atomic E-state index is 12.9. The van der Waals surface area contributed by atoms with Gasteiger partial charge in [0.1, 0.15) is 4.83 Å². The SMILES string of the molecule is C=C/C(=C\C=C/C)c1cc2ccc(-c3ccc(F)nc3)nc2s1. The van der Waals surface area contributed by atoms with E-state index in [-0.39, 0.29) is 0 Å². The third-order valence-electron chi connectivity index (χ3n) is 3.38. The van der Waals surface area contributed by atoms with E-state index in [9.17, 15) is 4.39 Å². The predicted octanol–water partition coefficient (Wildman–Crippen LogP) is 5.64. The predicted molar refractivity (Wildman–Crippen MR) is 95.8 cm³/mol. The molecule has 23 heavy (non-hydrogen) atoms. The van der Waals surface area contributed by atoms with E-state index in [1.807, 2.05) is 43.4 Å². The number of nitrogens with zero attached hydrogens (tertiary/aromatic N) is 2. The zero-order valence-electron chi connectivity index (χ0n) is 12.7. The fourth-order valence-corrected chi connectivity index (χ4v) is 3.25. The van der Waals surface area contributed by atoms with Crippen molar-refractivity contribution in [1.82, 2.24) is 9.97 Å². The number of hydrogen-bond donors (Lipinski definition) is 0. The van der Waals surface area contributed by atoms with Crippen LogP contribution in [-0.4, -0.2) is 9.97 Å². The van der Waals surface area contributed by atoms with Crippen molar-refractivity contribution in [2.45, 2.75) is 6.92 Å². The number of hydrogen-bond acceptors (Lipinski definition) is 3. The molecule has 3 heterocycles. The summed E-state index contributed by atoms with van der Waals surface area (Å²) >= 11 is 1.61. The second-order valence-electron chi connectivity index (χ2n) is 4.92. The summed E-state index contributed by atoms with van der Waals surface area (Å²) in [6.45, 7) is 5.85. The fourth-order valence-electron chi connectivity index (χ4n) is 2.20. The Bertz CT molecular complexity index is 905. The maximum Gasteiger partial charge on any atom is 0.212 e. The second-order valence-corrected chi connectivity index (χ2v) is 5.95. The number of rotatable bonds is 4. The summed E-state index contributed by atoms with van der Waals surface area (Å²) in [5.41, 5.74) is 2.66. The first-order valence-electron chi connectivity index (χ1n) is 7.19. The molecule has 0 radical (unpaired) electrons. The molecular formula is C19H15FN2S. The number of pyridine rings is 2. The van der Waals surface area contributed by atoms with E-state index in [0.29, 0.717) is 0 Å². The van der Waals surface area contributed by atoms with E-state index in [1.54, 1.807) is 17.4 Å². The summed E-state index contributed by atoms with van der Waals surface area (Å²) in [5.74, 6) is -0.488. The van der Waals surface area contributed by atoms with Crippen LogP contribution in [0.5, 0.6) is 0 Å². The summed E-state index contributed by atoms with van der Waals surface area (Å²) in [6.07, 6.45) is 9.34. The number of allylic oxidation sites excluding steroid dienone is 5. The quantitative estimate of drug-likeness (QED) is 0.458. The molecule has 0 aromatic carbocycles. The van der Waals surface area contributed by atoms with Crippen molar-refractivity contribution in [3.05, 3.63) is 78.2 Å². The molecule has 0 N–H and O–H groups in total. The van der Waals surface area contributed by atoms with Gasteiger partial charge in [-0.1, -0.05) is 30.9 Å². The van der Waals surface area contributed by atoms with Crippen molar-refractivity contribution in [3.63, 3.8) is 0 Å². The van der Waals surface area contributed by atoms with Gasteiger partial charge in [-0.25, -0.2) is 9.97 Å². The van der Waals surface area contributed by atoms with Gasteiger partial charge in [0.25, 0.3) is 0 Å². The van der Waals surface area contributed by atoms with Crippen LogP contribution in [0.2, 0.25) is 0 Å². The molecule has 0 fully saturated rings. The van der Waals surface area contributed by atoms with Gasteiger partial charge in [-0.2, -0.15) is 4.39 Å². The molecule has 0 bridgehead atoms. The molecule has 2 nitrogen and oxygen atoms in total. The van der Waals surface area contributed by atoms with Gasteiger partial charge in [0.15, 0.2) is 0 Å². The summed E-state index contributed by atoms with van der Waals surface area (Å²) in [5, 5.41) is 1.08. The maximum absolute atomic E-state index is 12.9. The molecule has 4 heteroatoms. The largest absolute Gasteiger partial charge is 0.237 e. The fraction of sp³-hybridized carbons (Fsp3) is 0.0526. The second kappa shape index (κ2) is 6.67. The minimum Gasteiger partial charge on any atom is -0.237 e. The van der Waals surface area contributed by atoms with Crippen molar-refractivity contribution in [1.29, 1.82) is 0 Å². The van der Waals surface area contributed by atoms with Crippen LogP contribution < -0.4 is 0 Å². The first-order valence-corrected chi connectivity index (χ1v) is 8.01. The summed E-state index contributed by atoms with van der Waals surface area (Å²) in [4.78, 5) is 10.4. The topological polar surface area (TPSA) is 25.8 Å². The van der Waals surface area contributed by atoms with E-state index < -0.39 is 5.95 Å². The third-order valence-corrected chi connectivity index (χ3v) is 4.47. The molecule has 0 aliphatic rings. The molecular weight excluding hydrogens is 307 g/mol. The van der Waals surface area contributed by atoms with E-state index in [2.05, 4.69) is 22.6 Å². The van der Waals surface area contributed by atoms with Gasteiger partial charge in [-0.3, -0.25) is 0 Å². The Morgan fingerprint density at radius 3 is 2.83 bits per heavy atom. The van der Waals surface area contributed by atoms with E-state index in [1.165, 1.54) is 12.3 Å². The van der Waals surface area contributed by atoms with Crippen molar-refractivity contribution < 1.29 is 4.39 Å². The minimum atomic E-state index is -0.488. The molecule has 0 unspecified atom stereocenters. The van der Waals surface area contributed by atoms with E-state index in [0.717, 1.165) is 31.9 Å². The lowest BCUT2D eigenvalue weighted by molar-refractivity contribution is 0.584. The van der Waals surface area contributed by atoms with Crippen LogP contribution in [0.25, 0.3) is 27.0 Å². The smallest absolute Gasteiger partial charge is 0.212 e. The Kier molecular flexibility index (Phi) is 4.44. The number of aromatic nitrogens is 2. The molecule has 3 aromatic rings. The molecule has 0 amide bonds. The van der Waals surface area contributed by atoms with Gasteiger partial charge in [0.05, 0.1) is 5.69 Å². The van der Waals surface area contributed by atoms with Crippen molar-refractivity contribution in [3.8, 4) is 11.3 Å². The lowest BCUT2D eigenvalue weighted by Crippen LogP contribution is -1.86. The normalized spacial score (nSPS) is 12.2. The molecule has 0 aliphatic carbocycles. The van der Waals surface area contributed by atoms with Gasteiger partial charge in [-0.15, -0.1) is 11.3 Å². The van der Waals surface area contributed by atoms with Crippen LogP contribution in [0.15, 0.2) is 67.4 Å². The Hall–Kier alpha value is -2.59. The van der Waals surface area contributed by atoms with Crippen molar-refractivity contribution in [2.24, 2.45) is 0 Å². The molecule has 3 rings (SSSR count). The minimum absolute atomic E-state index is 0.488. The molecule has 0 atom stereocenters. The van der Waals surface area contributed by atoms with Gasteiger partial charge in [0, 0.05) is 22.0 Å². The molecule has 3 aromatic heterocycles. The summed E-state index contributed by atoms with van der Waals surface area (Å²) in [6, 6.07) is 9.09. The van der Waals surface area contributed by atoms with Crippen LogP contribution in [0, 0.1) is 5.95 Å². The van der Waals surface area contributed by atoms with Gasteiger partial charge < -0.3 is 0 Å². The third kappa shape index (κ3) is 3.27. The van der Waals surface area contributed by atoms with Gasteiger partial charge in [0.2, 0.25) is 5.95 Å². The Morgan fingerprint density at radius 2 is 2.13 bits per heavy atom. The first-order chi connectivity index (χ1) is 11.2. The first kappa shape index (κ1) is 15.3. The molecule has 0 saturated heterocycles. The number of fused-ring (bicyclic) bond motifs is 1. The zero-order chi connectivity index (χ0) is 16.2. The highest BCUT2D eigenvalue weighted by atomic mass is 32.1. The average Bonchev–Trinajstić information content (AvgIpc) is 2.99. The van der Waals surface area contributed by atoms with Gasteiger partial charge >= 0.3 is 0 Å². The van der Waals surface area contributed by atoms with Crippen LogP contribution in [0.4, 0.5) is 4.39 Å². The van der Waals surface area contributed by atoms with E-state index in [4.69, 9.17) is 0 Å². The number of halogens is 1.